The van der Waals surface area contributed by atoms with Gasteiger partial charge in [-0.1, -0.05) is 82.3 Å². The maximum Gasteiger partial charge on any atom is 0.149 e. The molecule has 0 N–H and O–H groups in total. The van der Waals surface area contributed by atoms with Crippen LogP contribution < -0.4 is 0 Å². The minimum atomic E-state index is 0.300. The van der Waals surface area contributed by atoms with Crippen LogP contribution in [0.3, 0.4) is 0 Å². The molecule has 7 rings (SSSR count). The second-order valence-electron chi connectivity index (χ2n) is 11.9. The number of benzene rings is 4. The van der Waals surface area contributed by atoms with Gasteiger partial charge in [0.1, 0.15) is 17.0 Å². The molecule has 0 aliphatic rings. The summed E-state index contributed by atoms with van der Waals surface area (Å²) in [5, 5.41) is 2.14. The fourth-order valence-corrected chi connectivity index (χ4v) is 6.38. The summed E-state index contributed by atoms with van der Waals surface area (Å²) in [6.45, 7) is 13.2. The monoisotopic (exact) mass is 549 g/mol. The molecular formula is C38H35N3O. The molecule has 0 atom stereocenters. The van der Waals surface area contributed by atoms with E-state index in [2.05, 4.69) is 124 Å². The molecular weight excluding hydrogens is 514 g/mol. The van der Waals surface area contributed by atoms with Gasteiger partial charge in [0.2, 0.25) is 0 Å². The Balaban J connectivity index is 1.60. The summed E-state index contributed by atoms with van der Waals surface area (Å²) >= 11 is 0. The van der Waals surface area contributed by atoms with Crippen LogP contribution in [-0.4, -0.2) is 14.5 Å². The highest BCUT2D eigenvalue weighted by molar-refractivity contribution is 6.10. The summed E-state index contributed by atoms with van der Waals surface area (Å²) in [7, 11) is 0. The van der Waals surface area contributed by atoms with Crippen LogP contribution in [0.1, 0.15) is 62.0 Å². The Bertz CT molecular complexity index is 2080. The Labute approximate surface area is 246 Å². The van der Waals surface area contributed by atoms with Crippen molar-refractivity contribution in [1.82, 2.24) is 14.5 Å². The number of fused-ring (bicyclic) bond motifs is 4. The van der Waals surface area contributed by atoms with Gasteiger partial charge in [-0.05, 0) is 78.3 Å². The van der Waals surface area contributed by atoms with Crippen LogP contribution in [0.25, 0.3) is 61.2 Å². The minimum Gasteiger partial charge on any atom is -0.455 e. The van der Waals surface area contributed by atoms with E-state index in [4.69, 9.17) is 14.4 Å². The van der Waals surface area contributed by atoms with Crippen molar-refractivity contribution >= 4 is 33.0 Å². The molecule has 0 saturated carbocycles. The fourth-order valence-electron chi connectivity index (χ4n) is 6.38. The molecule has 42 heavy (non-hydrogen) atoms. The van der Waals surface area contributed by atoms with Crippen LogP contribution in [0.5, 0.6) is 0 Å². The van der Waals surface area contributed by atoms with E-state index in [0.717, 1.165) is 55.7 Å². The number of furan rings is 1. The molecule has 0 aliphatic carbocycles. The lowest BCUT2D eigenvalue weighted by molar-refractivity contribution is 0.668. The van der Waals surface area contributed by atoms with Crippen molar-refractivity contribution < 1.29 is 4.42 Å². The molecule has 7 aromatic rings. The SMILES string of the molecule is Cc1cc2oc3c(-c4nc5ccccc5n4-c4c(C(C)C)cc(-c5ccccc5)cc4C(C)C)cccc3c2c(C)n1. The predicted molar refractivity (Wildman–Crippen MR) is 175 cm³/mol. The molecule has 0 radical (unpaired) electrons. The van der Waals surface area contributed by atoms with Crippen molar-refractivity contribution in [3.05, 3.63) is 114 Å². The van der Waals surface area contributed by atoms with E-state index in [1.165, 1.54) is 27.9 Å². The van der Waals surface area contributed by atoms with E-state index in [-0.39, 0.29) is 0 Å². The summed E-state index contributed by atoms with van der Waals surface area (Å²) in [4.78, 5) is 10.0. The average Bonchev–Trinajstić information content (AvgIpc) is 3.55. The highest BCUT2D eigenvalue weighted by Crippen LogP contribution is 2.42. The van der Waals surface area contributed by atoms with Crippen molar-refractivity contribution in [1.29, 1.82) is 0 Å². The number of aromatic nitrogens is 3. The van der Waals surface area contributed by atoms with E-state index < -0.39 is 0 Å². The zero-order chi connectivity index (χ0) is 29.1. The molecule has 0 unspecified atom stereocenters. The maximum atomic E-state index is 6.63. The Kier molecular flexibility index (Phi) is 6.23. The number of hydrogen-bond donors (Lipinski definition) is 0. The van der Waals surface area contributed by atoms with Crippen LogP contribution in [0.2, 0.25) is 0 Å². The highest BCUT2D eigenvalue weighted by Gasteiger charge is 2.25. The average molecular weight is 550 g/mol. The van der Waals surface area contributed by atoms with Crippen LogP contribution >= 0.6 is 0 Å². The van der Waals surface area contributed by atoms with Crippen LogP contribution in [0.15, 0.2) is 95.4 Å². The third-order valence-electron chi connectivity index (χ3n) is 8.33. The van der Waals surface area contributed by atoms with E-state index in [0.29, 0.717) is 11.8 Å². The number of rotatable bonds is 5. The number of aryl methyl sites for hydroxylation is 2. The summed E-state index contributed by atoms with van der Waals surface area (Å²) in [6.07, 6.45) is 0. The summed E-state index contributed by atoms with van der Waals surface area (Å²) in [5.74, 6) is 1.49. The second kappa shape index (κ2) is 9.99. The molecule has 0 bridgehead atoms. The van der Waals surface area contributed by atoms with Gasteiger partial charge >= 0.3 is 0 Å². The molecule has 208 valence electrons. The first kappa shape index (κ1) is 26.2. The number of imidazole rings is 1. The van der Waals surface area contributed by atoms with Gasteiger partial charge in [0.05, 0.1) is 22.3 Å². The van der Waals surface area contributed by atoms with Gasteiger partial charge in [0.25, 0.3) is 0 Å². The zero-order valence-corrected chi connectivity index (χ0v) is 25.1. The van der Waals surface area contributed by atoms with Crippen LogP contribution in [0.4, 0.5) is 0 Å². The van der Waals surface area contributed by atoms with Gasteiger partial charge in [0, 0.05) is 28.2 Å². The second-order valence-corrected chi connectivity index (χ2v) is 11.9. The lowest BCUT2D eigenvalue weighted by Crippen LogP contribution is -2.09. The normalized spacial score (nSPS) is 12.0. The number of para-hydroxylation sites is 3. The molecule has 4 nitrogen and oxygen atoms in total. The van der Waals surface area contributed by atoms with Gasteiger partial charge < -0.3 is 4.42 Å². The first-order chi connectivity index (χ1) is 20.3. The molecule has 0 spiro atoms. The maximum absolute atomic E-state index is 6.63. The van der Waals surface area contributed by atoms with Gasteiger partial charge in [-0.15, -0.1) is 0 Å². The van der Waals surface area contributed by atoms with Crippen molar-refractivity contribution in [2.45, 2.75) is 53.4 Å². The Hall–Kier alpha value is -4.70. The number of pyridine rings is 1. The summed E-state index contributed by atoms with van der Waals surface area (Å²) in [6, 6.07) is 32.3. The predicted octanol–water partition coefficient (Wildman–Crippen LogP) is 10.5. The van der Waals surface area contributed by atoms with E-state index in [1.807, 2.05) is 13.0 Å². The van der Waals surface area contributed by atoms with Gasteiger partial charge in [-0.2, -0.15) is 0 Å². The Morgan fingerprint density at radius 1 is 0.690 bits per heavy atom. The van der Waals surface area contributed by atoms with Gasteiger partial charge in [-0.25, -0.2) is 4.98 Å². The van der Waals surface area contributed by atoms with Crippen molar-refractivity contribution in [3.63, 3.8) is 0 Å². The number of hydrogen-bond acceptors (Lipinski definition) is 3. The number of nitrogens with zero attached hydrogens (tertiary/aromatic N) is 3. The topological polar surface area (TPSA) is 43.9 Å². The minimum absolute atomic E-state index is 0.300. The fraction of sp³-hybridized carbons (Fsp3) is 0.211. The lowest BCUT2D eigenvalue weighted by Gasteiger charge is -2.24. The van der Waals surface area contributed by atoms with Crippen LogP contribution in [0, 0.1) is 13.8 Å². The molecule has 3 heterocycles. The Morgan fingerprint density at radius 3 is 2.10 bits per heavy atom. The quantitative estimate of drug-likeness (QED) is 0.214. The third-order valence-corrected chi connectivity index (χ3v) is 8.33. The van der Waals surface area contributed by atoms with E-state index in [9.17, 15) is 0 Å². The molecule has 0 aliphatic heterocycles. The summed E-state index contributed by atoms with van der Waals surface area (Å²) in [5.41, 5.74) is 13.0. The first-order valence-corrected chi connectivity index (χ1v) is 14.8. The molecule has 0 saturated heterocycles. The van der Waals surface area contributed by atoms with Gasteiger partial charge in [0.15, 0.2) is 0 Å². The summed E-state index contributed by atoms with van der Waals surface area (Å²) < 4.78 is 9.01. The highest BCUT2D eigenvalue weighted by atomic mass is 16.3. The first-order valence-electron chi connectivity index (χ1n) is 14.8. The molecule has 0 amide bonds. The van der Waals surface area contributed by atoms with Gasteiger partial charge in [-0.3, -0.25) is 9.55 Å². The molecule has 4 aromatic carbocycles. The van der Waals surface area contributed by atoms with E-state index >= 15 is 0 Å². The van der Waals surface area contributed by atoms with Crippen molar-refractivity contribution in [2.75, 3.05) is 0 Å². The molecule has 4 heteroatoms. The molecule has 0 fully saturated rings. The van der Waals surface area contributed by atoms with Crippen molar-refractivity contribution in [2.24, 2.45) is 0 Å². The largest absolute Gasteiger partial charge is 0.455 e. The molecule has 3 aromatic heterocycles. The smallest absolute Gasteiger partial charge is 0.149 e. The standard InChI is InChI=1S/C38H35N3O/c1-22(2)30-20-27(26-13-8-7-9-14-26)21-31(23(3)4)36(30)41-33-18-11-10-17-32(33)40-38(41)29-16-12-15-28-35-25(6)39-24(5)19-34(35)42-37(28)29/h7-23H,1-6H3. The van der Waals surface area contributed by atoms with Crippen LogP contribution in [-0.2, 0) is 0 Å². The Morgan fingerprint density at radius 2 is 1.38 bits per heavy atom. The lowest BCUT2D eigenvalue weighted by atomic mass is 9.88. The van der Waals surface area contributed by atoms with Crippen molar-refractivity contribution in [3.8, 4) is 28.2 Å². The third kappa shape index (κ3) is 4.13. The zero-order valence-electron chi connectivity index (χ0n) is 25.1. The van der Waals surface area contributed by atoms with E-state index in [1.54, 1.807) is 0 Å².